The van der Waals surface area contributed by atoms with Crippen molar-refractivity contribution in [1.82, 2.24) is 0 Å². The van der Waals surface area contributed by atoms with Crippen LogP contribution < -0.4 is 4.74 Å². The lowest BCUT2D eigenvalue weighted by atomic mass is 9.97. The molecule has 1 N–H and O–H groups in total. The number of ether oxygens (including phenoxy) is 1. The van der Waals surface area contributed by atoms with Crippen LogP contribution in [0.3, 0.4) is 0 Å². The van der Waals surface area contributed by atoms with E-state index in [9.17, 15) is 9.90 Å². The van der Waals surface area contributed by atoms with Gasteiger partial charge >= 0.3 is 0 Å². The van der Waals surface area contributed by atoms with Gasteiger partial charge in [0, 0.05) is 5.56 Å². The molecule has 14 heavy (non-hydrogen) atoms. The number of benzene rings is 1. The van der Waals surface area contributed by atoms with E-state index in [1.165, 1.54) is 0 Å². The van der Waals surface area contributed by atoms with Crippen LogP contribution in [0.2, 0.25) is 0 Å². The second kappa shape index (κ2) is 2.74. The van der Waals surface area contributed by atoms with Gasteiger partial charge in [0.05, 0.1) is 5.56 Å². The average Bonchev–Trinajstić information content (AvgIpc) is 2.54. The number of fused-ring (bicyclic) bond motifs is 1. The first kappa shape index (κ1) is 9.06. The second-order valence-electron chi connectivity index (χ2n) is 3.64. The number of carbonyl (C=O) groups excluding carboxylic acids is 1. The molecule has 1 aliphatic heterocycles. The van der Waals surface area contributed by atoms with Crippen LogP contribution in [0.15, 0.2) is 0 Å². The van der Waals surface area contributed by atoms with Gasteiger partial charge in [-0.3, -0.25) is 4.79 Å². The van der Waals surface area contributed by atoms with Crippen LogP contribution in [0.25, 0.3) is 0 Å². The molecule has 1 aliphatic rings. The van der Waals surface area contributed by atoms with E-state index < -0.39 is 0 Å². The third-order valence-corrected chi connectivity index (χ3v) is 2.84. The molecule has 0 bridgehead atoms. The fourth-order valence-electron chi connectivity index (χ4n) is 1.83. The van der Waals surface area contributed by atoms with Crippen molar-refractivity contribution in [2.75, 3.05) is 6.61 Å². The summed E-state index contributed by atoms with van der Waals surface area (Å²) in [6, 6.07) is 0. The maximum Gasteiger partial charge on any atom is 0.204 e. The van der Waals surface area contributed by atoms with Crippen LogP contribution in [0, 0.1) is 20.8 Å². The van der Waals surface area contributed by atoms with Crippen LogP contribution in [0.1, 0.15) is 27.0 Å². The molecule has 0 amide bonds. The first-order chi connectivity index (χ1) is 6.54. The number of hydrogen-bond acceptors (Lipinski definition) is 3. The Bertz CT molecular complexity index is 433. The zero-order chi connectivity index (χ0) is 10.5. The van der Waals surface area contributed by atoms with E-state index in [0.29, 0.717) is 16.9 Å². The van der Waals surface area contributed by atoms with E-state index in [2.05, 4.69) is 0 Å². The van der Waals surface area contributed by atoms with Crippen LogP contribution >= 0.6 is 0 Å². The van der Waals surface area contributed by atoms with E-state index in [4.69, 9.17) is 4.74 Å². The number of rotatable bonds is 0. The zero-order valence-electron chi connectivity index (χ0n) is 8.47. The van der Waals surface area contributed by atoms with Crippen molar-refractivity contribution in [3.63, 3.8) is 0 Å². The molecular formula is C11H12O3. The third kappa shape index (κ3) is 0.953. The van der Waals surface area contributed by atoms with Crippen molar-refractivity contribution in [1.29, 1.82) is 0 Å². The van der Waals surface area contributed by atoms with E-state index in [-0.39, 0.29) is 18.1 Å². The molecule has 0 saturated heterocycles. The summed E-state index contributed by atoms with van der Waals surface area (Å²) in [5, 5.41) is 9.76. The lowest BCUT2D eigenvalue weighted by Gasteiger charge is -2.11. The third-order valence-electron chi connectivity index (χ3n) is 2.84. The highest BCUT2D eigenvalue weighted by atomic mass is 16.5. The molecular weight excluding hydrogens is 180 g/mol. The number of carbonyl (C=O) groups is 1. The van der Waals surface area contributed by atoms with Crippen LogP contribution in [0.5, 0.6) is 11.5 Å². The average molecular weight is 192 g/mol. The Morgan fingerprint density at radius 1 is 1.14 bits per heavy atom. The minimum Gasteiger partial charge on any atom is -0.507 e. The van der Waals surface area contributed by atoms with Crippen LogP contribution in [-0.4, -0.2) is 17.5 Å². The van der Waals surface area contributed by atoms with Gasteiger partial charge in [-0.15, -0.1) is 0 Å². The fraction of sp³-hybridized carbons (Fsp3) is 0.364. The van der Waals surface area contributed by atoms with Crippen molar-refractivity contribution >= 4 is 5.78 Å². The smallest absolute Gasteiger partial charge is 0.204 e. The highest BCUT2D eigenvalue weighted by Crippen LogP contribution is 2.39. The zero-order valence-corrected chi connectivity index (χ0v) is 8.47. The normalized spacial score (nSPS) is 14.1. The predicted octanol–water partition coefficient (Wildman–Crippen LogP) is 1.89. The van der Waals surface area contributed by atoms with Crippen molar-refractivity contribution in [2.24, 2.45) is 0 Å². The van der Waals surface area contributed by atoms with E-state index >= 15 is 0 Å². The van der Waals surface area contributed by atoms with Gasteiger partial charge in [-0.1, -0.05) is 0 Å². The molecule has 0 atom stereocenters. The number of aromatic hydroxyl groups is 1. The Hall–Kier alpha value is -1.51. The van der Waals surface area contributed by atoms with Crippen LogP contribution in [0.4, 0.5) is 0 Å². The van der Waals surface area contributed by atoms with Gasteiger partial charge in [0.25, 0.3) is 0 Å². The van der Waals surface area contributed by atoms with Gasteiger partial charge in [0.1, 0.15) is 11.5 Å². The number of Topliss-reactive ketones (excluding diaryl/α,β-unsaturated/α-hetero) is 1. The molecule has 0 aromatic heterocycles. The summed E-state index contributed by atoms with van der Waals surface area (Å²) in [5.41, 5.74) is 2.82. The minimum absolute atomic E-state index is 0.0455. The molecule has 0 aliphatic carbocycles. The topological polar surface area (TPSA) is 46.5 Å². The molecule has 1 aromatic carbocycles. The summed E-state index contributed by atoms with van der Waals surface area (Å²) < 4.78 is 5.30. The minimum atomic E-state index is -0.0455. The molecule has 0 fully saturated rings. The number of ketones is 1. The maximum atomic E-state index is 11.5. The van der Waals surface area contributed by atoms with Crippen molar-refractivity contribution < 1.29 is 14.6 Å². The summed E-state index contributed by atoms with van der Waals surface area (Å²) >= 11 is 0. The quantitative estimate of drug-likeness (QED) is 0.682. The highest BCUT2D eigenvalue weighted by molar-refractivity contribution is 6.04. The van der Waals surface area contributed by atoms with Crippen molar-refractivity contribution in [3.05, 3.63) is 22.3 Å². The lowest BCUT2D eigenvalue weighted by molar-refractivity contribution is 0.0960. The Kier molecular flexibility index (Phi) is 1.77. The van der Waals surface area contributed by atoms with Gasteiger partial charge in [-0.05, 0) is 31.9 Å². The maximum absolute atomic E-state index is 11.5. The molecule has 0 spiro atoms. The predicted molar refractivity (Wildman–Crippen MR) is 52.1 cm³/mol. The van der Waals surface area contributed by atoms with E-state index in [1.54, 1.807) is 6.92 Å². The monoisotopic (exact) mass is 192 g/mol. The van der Waals surface area contributed by atoms with Gasteiger partial charge in [-0.25, -0.2) is 0 Å². The summed E-state index contributed by atoms with van der Waals surface area (Å²) in [6.07, 6.45) is 0. The molecule has 0 unspecified atom stereocenters. The number of hydrogen-bond donors (Lipinski definition) is 1. The van der Waals surface area contributed by atoms with Crippen molar-refractivity contribution in [3.8, 4) is 11.5 Å². The summed E-state index contributed by atoms with van der Waals surface area (Å²) in [6.45, 7) is 5.52. The SMILES string of the molecule is Cc1c(C)c2c(c(C)c1O)C(=O)CO2. The summed E-state index contributed by atoms with van der Waals surface area (Å²) in [5.74, 6) is 0.804. The number of phenolic OH excluding ortho intramolecular Hbond substituents is 1. The molecule has 1 heterocycles. The standard InChI is InChI=1S/C11H12O3/c1-5-6(2)11-9(7(3)10(5)13)8(12)4-14-11/h13H,4H2,1-3H3. The first-order valence-electron chi connectivity index (χ1n) is 4.52. The molecule has 74 valence electrons. The second-order valence-corrected chi connectivity index (χ2v) is 3.64. The first-order valence-corrected chi connectivity index (χ1v) is 4.52. The molecule has 3 nitrogen and oxygen atoms in total. The number of phenols is 1. The van der Waals surface area contributed by atoms with Gasteiger partial charge in [0.2, 0.25) is 5.78 Å². The Balaban J connectivity index is 2.84. The molecule has 0 saturated carbocycles. The van der Waals surface area contributed by atoms with E-state index in [0.717, 1.165) is 11.1 Å². The Labute approximate surface area is 82.3 Å². The Morgan fingerprint density at radius 2 is 1.79 bits per heavy atom. The van der Waals surface area contributed by atoms with Crippen LogP contribution in [-0.2, 0) is 0 Å². The molecule has 0 radical (unpaired) electrons. The Morgan fingerprint density at radius 3 is 2.43 bits per heavy atom. The van der Waals surface area contributed by atoms with Gasteiger partial charge in [-0.2, -0.15) is 0 Å². The van der Waals surface area contributed by atoms with Gasteiger partial charge < -0.3 is 9.84 Å². The summed E-state index contributed by atoms with van der Waals surface area (Å²) in [7, 11) is 0. The highest BCUT2D eigenvalue weighted by Gasteiger charge is 2.28. The molecule has 1 aromatic rings. The molecule has 3 heteroatoms. The van der Waals surface area contributed by atoms with Gasteiger partial charge in [0.15, 0.2) is 6.61 Å². The van der Waals surface area contributed by atoms with E-state index in [1.807, 2.05) is 13.8 Å². The largest absolute Gasteiger partial charge is 0.507 e. The lowest BCUT2D eigenvalue weighted by Crippen LogP contribution is -2.00. The van der Waals surface area contributed by atoms with Crippen molar-refractivity contribution in [2.45, 2.75) is 20.8 Å². The summed E-state index contributed by atoms with van der Waals surface area (Å²) in [4.78, 5) is 11.5. The fourth-order valence-corrected chi connectivity index (χ4v) is 1.83. The molecule has 2 rings (SSSR count).